The maximum atomic E-state index is 5.85. The molecule has 0 saturated heterocycles. The summed E-state index contributed by atoms with van der Waals surface area (Å²) in [5.41, 5.74) is 5.85. The van der Waals surface area contributed by atoms with Gasteiger partial charge in [0.1, 0.15) is 0 Å². The summed E-state index contributed by atoms with van der Waals surface area (Å²) < 4.78 is 0. The van der Waals surface area contributed by atoms with Gasteiger partial charge in [0.25, 0.3) is 0 Å². The lowest BCUT2D eigenvalue weighted by Crippen LogP contribution is -2.26. The molecule has 2 nitrogen and oxygen atoms in total. The first-order valence-corrected chi connectivity index (χ1v) is 4.04. The van der Waals surface area contributed by atoms with Crippen molar-refractivity contribution in [1.29, 1.82) is 0 Å². The van der Waals surface area contributed by atoms with Crippen molar-refractivity contribution in [3.63, 3.8) is 0 Å². The topological polar surface area (TPSA) is 38.4 Å². The zero-order valence-electron chi connectivity index (χ0n) is 6.59. The molecule has 0 aromatic carbocycles. The van der Waals surface area contributed by atoms with Crippen molar-refractivity contribution < 1.29 is 0 Å². The highest BCUT2D eigenvalue weighted by Gasteiger charge is 2.22. The molecule has 0 heterocycles. The van der Waals surface area contributed by atoms with Gasteiger partial charge >= 0.3 is 0 Å². The summed E-state index contributed by atoms with van der Waals surface area (Å²) in [6.45, 7) is 2.90. The SMILES string of the molecule is CC=NC[C@@H]1CCC[C@H]1N. The molecule has 1 aliphatic carbocycles. The van der Waals surface area contributed by atoms with Crippen LogP contribution in [0.5, 0.6) is 0 Å². The minimum Gasteiger partial charge on any atom is -0.327 e. The smallest absolute Gasteiger partial charge is 0.0428 e. The van der Waals surface area contributed by atoms with Crippen LogP contribution in [0, 0.1) is 5.92 Å². The van der Waals surface area contributed by atoms with E-state index in [0.717, 1.165) is 6.54 Å². The third-order valence-corrected chi connectivity index (χ3v) is 2.24. The summed E-state index contributed by atoms with van der Waals surface area (Å²) in [6, 6.07) is 0.420. The van der Waals surface area contributed by atoms with E-state index in [1.807, 2.05) is 13.1 Å². The average Bonchev–Trinajstić information content (AvgIpc) is 2.31. The van der Waals surface area contributed by atoms with Crippen LogP contribution in [-0.4, -0.2) is 18.8 Å². The van der Waals surface area contributed by atoms with Gasteiger partial charge in [0.05, 0.1) is 0 Å². The second-order valence-corrected chi connectivity index (χ2v) is 2.98. The highest BCUT2D eigenvalue weighted by molar-refractivity contribution is 5.53. The van der Waals surface area contributed by atoms with Crippen molar-refractivity contribution in [2.45, 2.75) is 32.2 Å². The monoisotopic (exact) mass is 140 g/mol. The fourth-order valence-electron chi connectivity index (χ4n) is 1.53. The lowest BCUT2D eigenvalue weighted by atomic mass is 10.1. The molecule has 2 heteroatoms. The molecule has 1 saturated carbocycles. The van der Waals surface area contributed by atoms with Crippen LogP contribution in [-0.2, 0) is 0 Å². The zero-order chi connectivity index (χ0) is 7.40. The van der Waals surface area contributed by atoms with Crippen LogP contribution >= 0.6 is 0 Å². The molecule has 0 aromatic rings. The Morgan fingerprint density at radius 2 is 2.40 bits per heavy atom. The summed E-state index contributed by atoms with van der Waals surface area (Å²) >= 11 is 0. The second-order valence-electron chi connectivity index (χ2n) is 2.98. The quantitative estimate of drug-likeness (QED) is 0.575. The molecule has 2 atom stereocenters. The predicted molar refractivity (Wildman–Crippen MR) is 44.3 cm³/mol. The lowest BCUT2D eigenvalue weighted by Gasteiger charge is -2.10. The highest BCUT2D eigenvalue weighted by Crippen LogP contribution is 2.23. The molecule has 0 unspecified atom stereocenters. The Morgan fingerprint density at radius 3 is 2.90 bits per heavy atom. The van der Waals surface area contributed by atoms with E-state index in [2.05, 4.69) is 4.99 Å². The van der Waals surface area contributed by atoms with Crippen LogP contribution in [0.2, 0.25) is 0 Å². The molecule has 0 radical (unpaired) electrons. The van der Waals surface area contributed by atoms with E-state index in [-0.39, 0.29) is 0 Å². The van der Waals surface area contributed by atoms with Crippen molar-refractivity contribution in [3.8, 4) is 0 Å². The van der Waals surface area contributed by atoms with Gasteiger partial charge in [0, 0.05) is 12.6 Å². The third kappa shape index (κ3) is 1.81. The number of rotatable bonds is 2. The minimum atomic E-state index is 0.420. The van der Waals surface area contributed by atoms with Crippen LogP contribution in [0.25, 0.3) is 0 Å². The standard InChI is InChI=1S/C8H16N2/c1-2-10-6-7-4-3-5-8(7)9/h2,7-8H,3-6,9H2,1H3/t7-,8+/m0/s1. The van der Waals surface area contributed by atoms with Gasteiger partial charge in [-0.3, -0.25) is 4.99 Å². The molecule has 0 amide bonds. The second kappa shape index (κ2) is 3.71. The minimum absolute atomic E-state index is 0.420. The van der Waals surface area contributed by atoms with E-state index < -0.39 is 0 Å². The Hall–Kier alpha value is -0.370. The van der Waals surface area contributed by atoms with Gasteiger partial charge in [-0.1, -0.05) is 6.42 Å². The molecular weight excluding hydrogens is 124 g/mol. The number of nitrogens with two attached hydrogens (primary N) is 1. The first-order chi connectivity index (χ1) is 4.84. The van der Waals surface area contributed by atoms with Gasteiger partial charge in [-0.05, 0) is 31.9 Å². The molecule has 2 N–H and O–H groups in total. The van der Waals surface area contributed by atoms with Gasteiger partial charge in [-0.15, -0.1) is 0 Å². The summed E-state index contributed by atoms with van der Waals surface area (Å²) in [4.78, 5) is 4.20. The normalized spacial score (nSPS) is 33.8. The Balaban J connectivity index is 2.26. The van der Waals surface area contributed by atoms with Crippen molar-refractivity contribution in [1.82, 2.24) is 0 Å². The summed E-state index contributed by atoms with van der Waals surface area (Å²) in [5, 5.41) is 0. The van der Waals surface area contributed by atoms with Crippen LogP contribution in [0.15, 0.2) is 4.99 Å². The number of hydrogen-bond donors (Lipinski definition) is 1. The molecule has 0 aliphatic heterocycles. The zero-order valence-corrected chi connectivity index (χ0v) is 6.59. The Bertz CT molecular complexity index is 120. The van der Waals surface area contributed by atoms with Crippen LogP contribution < -0.4 is 5.73 Å². The Kier molecular flexibility index (Phi) is 2.87. The van der Waals surface area contributed by atoms with Crippen LogP contribution in [0.4, 0.5) is 0 Å². The highest BCUT2D eigenvalue weighted by atomic mass is 14.8. The van der Waals surface area contributed by atoms with E-state index in [1.165, 1.54) is 19.3 Å². The molecule has 0 aromatic heterocycles. The lowest BCUT2D eigenvalue weighted by molar-refractivity contribution is 0.494. The van der Waals surface area contributed by atoms with Gasteiger partial charge in [-0.2, -0.15) is 0 Å². The predicted octanol–water partition coefficient (Wildman–Crippen LogP) is 1.20. The molecule has 0 bridgehead atoms. The van der Waals surface area contributed by atoms with Crippen molar-refractivity contribution in [2.24, 2.45) is 16.6 Å². The first-order valence-electron chi connectivity index (χ1n) is 4.04. The maximum Gasteiger partial charge on any atom is 0.0428 e. The van der Waals surface area contributed by atoms with Gasteiger partial charge < -0.3 is 5.73 Å². The van der Waals surface area contributed by atoms with Crippen molar-refractivity contribution >= 4 is 6.21 Å². The number of nitrogens with zero attached hydrogens (tertiary/aromatic N) is 1. The van der Waals surface area contributed by atoms with E-state index in [4.69, 9.17) is 5.73 Å². The summed E-state index contributed by atoms with van der Waals surface area (Å²) in [7, 11) is 0. The van der Waals surface area contributed by atoms with Crippen LogP contribution in [0.1, 0.15) is 26.2 Å². The molecule has 0 spiro atoms. The van der Waals surface area contributed by atoms with E-state index >= 15 is 0 Å². The molecule has 10 heavy (non-hydrogen) atoms. The molecular formula is C8H16N2. The average molecular weight is 140 g/mol. The molecule has 1 fully saturated rings. The maximum absolute atomic E-state index is 5.85. The number of aliphatic imine (C=N–C) groups is 1. The Labute approximate surface area is 62.5 Å². The fourth-order valence-corrected chi connectivity index (χ4v) is 1.53. The van der Waals surface area contributed by atoms with Gasteiger partial charge in [0.15, 0.2) is 0 Å². The van der Waals surface area contributed by atoms with E-state index in [1.54, 1.807) is 0 Å². The van der Waals surface area contributed by atoms with E-state index in [9.17, 15) is 0 Å². The van der Waals surface area contributed by atoms with Crippen molar-refractivity contribution in [2.75, 3.05) is 6.54 Å². The van der Waals surface area contributed by atoms with Gasteiger partial charge in [0.2, 0.25) is 0 Å². The Morgan fingerprint density at radius 1 is 1.60 bits per heavy atom. The van der Waals surface area contributed by atoms with E-state index in [0.29, 0.717) is 12.0 Å². The van der Waals surface area contributed by atoms with Gasteiger partial charge in [-0.25, -0.2) is 0 Å². The molecule has 1 rings (SSSR count). The third-order valence-electron chi connectivity index (χ3n) is 2.24. The first kappa shape index (κ1) is 7.73. The summed E-state index contributed by atoms with van der Waals surface area (Å²) in [5.74, 6) is 0.663. The number of hydrogen-bond acceptors (Lipinski definition) is 2. The molecule has 58 valence electrons. The summed E-state index contributed by atoms with van der Waals surface area (Å²) in [6.07, 6.45) is 5.64. The fraction of sp³-hybridized carbons (Fsp3) is 0.875. The largest absolute Gasteiger partial charge is 0.327 e. The van der Waals surface area contributed by atoms with Crippen LogP contribution in [0.3, 0.4) is 0 Å². The van der Waals surface area contributed by atoms with Crippen molar-refractivity contribution in [3.05, 3.63) is 0 Å². The molecule has 1 aliphatic rings.